The molecule has 0 spiro atoms. The van der Waals surface area contributed by atoms with Gasteiger partial charge in [0.2, 0.25) is 0 Å². The third kappa shape index (κ3) is 5.74. The molecular weight excluding hydrogens is 397 g/mol. The number of piperidine rings is 1. The molecule has 0 saturated carbocycles. The van der Waals surface area contributed by atoms with Crippen LogP contribution in [0.25, 0.3) is 0 Å². The van der Waals surface area contributed by atoms with Crippen LogP contribution in [-0.2, 0) is 16.6 Å². The van der Waals surface area contributed by atoms with Gasteiger partial charge in [-0.3, -0.25) is 4.99 Å². The first-order valence-electron chi connectivity index (χ1n) is 8.92. The SMILES string of the molecule is CCOc1cccc(CNC(=NC)NC2CCN(S(=O)(=O)C(F)(F)F)CC2)c1. The Bertz CT molecular complexity index is 776. The lowest BCUT2D eigenvalue weighted by Crippen LogP contribution is -2.51. The summed E-state index contributed by atoms with van der Waals surface area (Å²) in [6.45, 7) is 2.59. The van der Waals surface area contributed by atoms with E-state index < -0.39 is 15.5 Å². The Morgan fingerprint density at radius 3 is 2.57 bits per heavy atom. The van der Waals surface area contributed by atoms with Crippen molar-refractivity contribution in [2.24, 2.45) is 4.99 Å². The minimum absolute atomic E-state index is 0.166. The van der Waals surface area contributed by atoms with E-state index in [2.05, 4.69) is 15.6 Å². The van der Waals surface area contributed by atoms with Crippen molar-refractivity contribution in [3.63, 3.8) is 0 Å². The highest BCUT2D eigenvalue weighted by atomic mass is 32.2. The van der Waals surface area contributed by atoms with Gasteiger partial charge >= 0.3 is 15.5 Å². The van der Waals surface area contributed by atoms with Gasteiger partial charge in [-0.25, -0.2) is 8.42 Å². The summed E-state index contributed by atoms with van der Waals surface area (Å²) in [4.78, 5) is 4.11. The van der Waals surface area contributed by atoms with E-state index in [1.165, 1.54) is 0 Å². The fraction of sp³-hybridized carbons (Fsp3) is 0.588. The van der Waals surface area contributed by atoms with Crippen LogP contribution in [-0.4, -0.2) is 57.0 Å². The van der Waals surface area contributed by atoms with Crippen molar-refractivity contribution in [1.29, 1.82) is 0 Å². The van der Waals surface area contributed by atoms with Crippen molar-refractivity contribution in [3.05, 3.63) is 29.8 Å². The third-order valence-corrected chi connectivity index (χ3v) is 5.95. The Kier molecular flexibility index (Phi) is 7.53. The van der Waals surface area contributed by atoms with Gasteiger partial charge in [-0.2, -0.15) is 17.5 Å². The number of ether oxygens (including phenoxy) is 1. The van der Waals surface area contributed by atoms with Gasteiger partial charge in [0.15, 0.2) is 5.96 Å². The Morgan fingerprint density at radius 1 is 1.32 bits per heavy atom. The number of hydrogen-bond donors (Lipinski definition) is 2. The second-order valence-electron chi connectivity index (χ2n) is 6.27. The molecule has 11 heteroatoms. The number of halogens is 3. The predicted octanol–water partition coefficient (Wildman–Crippen LogP) is 2.06. The molecule has 0 aromatic heterocycles. The molecule has 1 fully saturated rings. The summed E-state index contributed by atoms with van der Waals surface area (Å²) in [5.74, 6) is 1.27. The van der Waals surface area contributed by atoms with Gasteiger partial charge in [0.05, 0.1) is 6.61 Å². The summed E-state index contributed by atoms with van der Waals surface area (Å²) < 4.78 is 66.8. The zero-order valence-electron chi connectivity index (χ0n) is 15.8. The fourth-order valence-corrected chi connectivity index (χ4v) is 3.86. The summed E-state index contributed by atoms with van der Waals surface area (Å²) in [7, 11) is -3.67. The van der Waals surface area contributed by atoms with Crippen LogP contribution in [0.2, 0.25) is 0 Å². The van der Waals surface area contributed by atoms with Crippen molar-refractivity contribution >= 4 is 16.0 Å². The van der Waals surface area contributed by atoms with Crippen LogP contribution in [0.15, 0.2) is 29.3 Å². The Morgan fingerprint density at radius 2 is 2.00 bits per heavy atom. The Balaban J connectivity index is 1.85. The highest BCUT2D eigenvalue weighted by Gasteiger charge is 2.50. The molecule has 2 rings (SSSR count). The number of alkyl halides is 3. The number of nitrogens with one attached hydrogen (secondary N) is 2. The molecule has 1 aliphatic rings. The number of hydrogen-bond acceptors (Lipinski definition) is 4. The van der Waals surface area contributed by atoms with Crippen molar-refractivity contribution < 1.29 is 26.3 Å². The van der Waals surface area contributed by atoms with E-state index in [9.17, 15) is 21.6 Å². The van der Waals surface area contributed by atoms with E-state index in [0.717, 1.165) is 11.3 Å². The number of rotatable bonds is 6. The molecule has 1 aliphatic heterocycles. The molecule has 0 atom stereocenters. The van der Waals surface area contributed by atoms with Gasteiger partial charge in [-0.15, -0.1) is 0 Å². The minimum Gasteiger partial charge on any atom is -0.494 e. The molecule has 0 unspecified atom stereocenters. The maximum Gasteiger partial charge on any atom is 0.511 e. The molecule has 28 heavy (non-hydrogen) atoms. The summed E-state index contributed by atoms with van der Waals surface area (Å²) in [6.07, 6.45) is 0.520. The van der Waals surface area contributed by atoms with Crippen molar-refractivity contribution in [2.45, 2.75) is 37.9 Å². The second kappa shape index (κ2) is 9.46. The average Bonchev–Trinajstić information content (AvgIpc) is 2.65. The summed E-state index contributed by atoms with van der Waals surface area (Å²) >= 11 is 0. The monoisotopic (exact) mass is 422 g/mol. The molecule has 2 N–H and O–H groups in total. The quantitative estimate of drug-likeness (QED) is 0.542. The van der Waals surface area contributed by atoms with Gasteiger partial charge < -0.3 is 15.4 Å². The molecule has 1 aromatic rings. The van der Waals surface area contributed by atoms with Crippen LogP contribution in [0, 0.1) is 0 Å². The lowest BCUT2D eigenvalue weighted by molar-refractivity contribution is -0.0494. The van der Waals surface area contributed by atoms with Crippen LogP contribution in [0.1, 0.15) is 25.3 Å². The molecule has 0 aliphatic carbocycles. The van der Waals surface area contributed by atoms with Crippen molar-refractivity contribution in [2.75, 3.05) is 26.7 Å². The number of nitrogens with zero attached hydrogens (tertiary/aromatic N) is 2. The molecule has 1 aromatic carbocycles. The minimum atomic E-state index is -5.26. The number of aliphatic imine (C=N–C) groups is 1. The lowest BCUT2D eigenvalue weighted by Gasteiger charge is -2.32. The molecule has 1 saturated heterocycles. The highest BCUT2D eigenvalue weighted by Crippen LogP contribution is 2.28. The fourth-order valence-electron chi connectivity index (χ4n) is 2.87. The predicted molar refractivity (Wildman–Crippen MR) is 101 cm³/mol. The van der Waals surface area contributed by atoms with Gasteiger partial charge in [-0.1, -0.05) is 12.1 Å². The topological polar surface area (TPSA) is 83.0 Å². The molecule has 0 bridgehead atoms. The van der Waals surface area contributed by atoms with Crippen LogP contribution >= 0.6 is 0 Å². The molecule has 158 valence electrons. The van der Waals surface area contributed by atoms with Gasteiger partial charge in [0.25, 0.3) is 0 Å². The highest BCUT2D eigenvalue weighted by molar-refractivity contribution is 7.90. The average molecular weight is 422 g/mol. The summed E-state index contributed by atoms with van der Waals surface area (Å²) in [5.41, 5.74) is -4.28. The largest absolute Gasteiger partial charge is 0.511 e. The second-order valence-corrected chi connectivity index (χ2v) is 8.20. The Labute approximate surface area is 163 Å². The number of benzene rings is 1. The van der Waals surface area contributed by atoms with Gasteiger partial charge in [0, 0.05) is 32.7 Å². The normalized spacial score (nSPS) is 17.4. The van der Waals surface area contributed by atoms with E-state index in [1.807, 2.05) is 31.2 Å². The first-order valence-corrected chi connectivity index (χ1v) is 10.4. The van der Waals surface area contributed by atoms with E-state index in [-0.39, 0.29) is 32.0 Å². The standard InChI is InChI=1S/C17H25F3N4O3S/c1-3-27-15-6-4-5-13(11-15)12-22-16(21-2)23-14-7-9-24(10-8-14)28(25,26)17(18,19)20/h4-6,11,14H,3,7-10,12H2,1-2H3,(H2,21,22,23). The molecular formula is C17H25F3N4O3S. The summed E-state index contributed by atoms with van der Waals surface area (Å²) in [5, 5.41) is 6.27. The molecule has 0 radical (unpaired) electrons. The number of guanidine groups is 1. The van der Waals surface area contributed by atoms with E-state index in [0.29, 0.717) is 23.4 Å². The van der Waals surface area contributed by atoms with Crippen molar-refractivity contribution in [1.82, 2.24) is 14.9 Å². The third-order valence-electron chi connectivity index (χ3n) is 4.32. The van der Waals surface area contributed by atoms with Crippen LogP contribution in [0.4, 0.5) is 13.2 Å². The van der Waals surface area contributed by atoms with E-state index >= 15 is 0 Å². The molecule has 1 heterocycles. The van der Waals surface area contributed by atoms with Crippen LogP contribution in [0.5, 0.6) is 5.75 Å². The Hall–Kier alpha value is -2.01. The zero-order valence-corrected chi connectivity index (χ0v) is 16.6. The maximum absolute atomic E-state index is 12.6. The first kappa shape index (κ1) is 22.3. The molecule has 7 nitrogen and oxygen atoms in total. The van der Waals surface area contributed by atoms with Gasteiger partial charge in [0.1, 0.15) is 5.75 Å². The van der Waals surface area contributed by atoms with Crippen molar-refractivity contribution in [3.8, 4) is 5.75 Å². The maximum atomic E-state index is 12.6. The van der Waals surface area contributed by atoms with Crippen LogP contribution in [0.3, 0.4) is 0 Å². The zero-order chi connectivity index (χ0) is 20.8. The van der Waals surface area contributed by atoms with E-state index in [1.54, 1.807) is 7.05 Å². The van der Waals surface area contributed by atoms with Gasteiger partial charge in [-0.05, 0) is 37.5 Å². The van der Waals surface area contributed by atoms with Crippen LogP contribution < -0.4 is 15.4 Å². The summed E-state index contributed by atoms with van der Waals surface area (Å²) in [6, 6.07) is 7.42. The number of sulfonamides is 1. The molecule has 0 amide bonds. The smallest absolute Gasteiger partial charge is 0.494 e. The lowest BCUT2D eigenvalue weighted by atomic mass is 10.1. The van der Waals surface area contributed by atoms with E-state index in [4.69, 9.17) is 4.74 Å². The first-order chi connectivity index (χ1) is 13.2.